The second kappa shape index (κ2) is 8.10. The van der Waals surface area contributed by atoms with Crippen molar-refractivity contribution in [1.82, 2.24) is 4.72 Å². The first-order valence-corrected chi connectivity index (χ1v) is 11.2. The molecule has 5 nitrogen and oxygen atoms in total. The fraction of sp³-hybridized carbons (Fsp3) is 0.429. The lowest BCUT2D eigenvalue weighted by molar-refractivity contribution is -0.909. The number of quaternary nitrogens is 1. The summed E-state index contributed by atoms with van der Waals surface area (Å²) < 4.78 is 34.6. The Balaban J connectivity index is 1.58. The van der Waals surface area contributed by atoms with E-state index in [-0.39, 0.29) is 6.04 Å². The number of rotatable bonds is 6. The first-order valence-electron chi connectivity index (χ1n) is 9.72. The first-order chi connectivity index (χ1) is 13.1. The quantitative estimate of drug-likeness (QED) is 0.781. The molecule has 0 radical (unpaired) electrons. The lowest BCUT2D eigenvalue weighted by atomic mass is 10.1. The molecule has 0 aromatic heterocycles. The molecule has 1 saturated heterocycles. The summed E-state index contributed by atoms with van der Waals surface area (Å²) in [5, 5.41) is 0. The third kappa shape index (κ3) is 4.41. The van der Waals surface area contributed by atoms with E-state index in [0.29, 0.717) is 4.90 Å². The molecule has 0 unspecified atom stereocenters. The van der Waals surface area contributed by atoms with Crippen LogP contribution in [-0.2, 0) is 27.6 Å². The molecule has 27 heavy (non-hydrogen) atoms. The molecule has 0 spiro atoms. The van der Waals surface area contributed by atoms with Crippen LogP contribution in [0.2, 0.25) is 0 Å². The molecule has 0 amide bonds. The van der Waals surface area contributed by atoms with E-state index >= 15 is 0 Å². The van der Waals surface area contributed by atoms with E-state index in [1.807, 2.05) is 42.5 Å². The van der Waals surface area contributed by atoms with Crippen LogP contribution in [0.15, 0.2) is 53.4 Å². The van der Waals surface area contributed by atoms with Gasteiger partial charge in [-0.2, -0.15) is 4.72 Å². The Morgan fingerprint density at radius 1 is 1.00 bits per heavy atom. The fourth-order valence-electron chi connectivity index (χ4n) is 4.04. The van der Waals surface area contributed by atoms with Crippen molar-refractivity contribution in [2.45, 2.75) is 30.2 Å². The molecule has 1 atom stereocenters. The maximum absolute atomic E-state index is 13.1. The highest BCUT2D eigenvalue weighted by molar-refractivity contribution is 7.89. The van der Waals surface area contributed by atoms with Crippen LogP contribution in [0.4, 0.5) is 0 Å². The van der Waals surface area contributed by atoms with Crippen molar-refractivity contribution in [1.29, 1.82) is 0 Å². The number of hydrogen-bond donors (Lipinski definition) is 2. The number of benzene rings is 2. The van der Waals surface area contributed by atoms with Gasteiger partial charge in [0, 0.05) is 0 Å². The van der Waals surface area contributed by atoms with Crippen molar-refractivity contribution in [3.8, 4) is 0 Å². The minimum absolute atomic E-state index is 0.252. The van der Waals surface area contributed by atoms with E-state index in [4.69, 9.17) is 4.74 Å². The summed E-state index contributed by atoms with van der Waals surface area (Å²) in [5.41, 5.74) is 3.46. The summed E-state index contributed by atoms with van der Waals surface area (Å²) in [6, 6.07) is 15.2. The molecule has 1 aliphatic heterocycles. The van der Waals surface area contributed by atoms with E-state index in [0.717, 1.165) is 57.7 Å². The molecule has 0 saturated carbocycles. The Morgan fingerprint density at radius 2 is 1.74 bits per heavy atom. The second-order valence-corrected chi connectivity index (χ2v) is 9.15. The van der Waals surface area contributed by atoms with Crippen LogP contribution in [-0.4, -0.2) is 41.3 Å². The molecule has 1 fully saturated rings. The zero-order chi connectivity index (χ0) is 18.7. The van der Waals surface area contributed by atoms with E-state index in [1.54, 1.807) is 6.07 Å². The minimum Gasteiger partial charge on any atom is -0.370 e. The Kier molecular flexibility index (Phi) is 5.59. The largest absolute Gasteiger partial charge is 0.370 e. The summed E-state index contributed by atoms with van der Waals surface area (Å²) in [6.07, 6.45) is 3.13. The molecule has 1 heterocycles. The number of aryl methyl sites for hydroxylation is 2. The Hall–Kier alpha value is -1.73. The van der Waals surface area contributed by atoms with Gasteiger partial charge >= 0.3 is 0 Å². The molecule has 0 bridgehead atoms. The molecule has 1 aliphatic carbocycles. The van der Waals surface area contributed by atoms with Gasteiger partial charge in [0.25, 0.3) is 0 Å². The van der Waals surface area contributed by atoms with Gasteiger partial charge in [0.2, 0.25) is 10.0 Å². The van der Waals surface area contributed by atoms with E-state index in [2.05, 4.69) is 4.72 Å². The summed E-state index contributed by atoms with van der Waals surface area (Å²) in [4.78, 5) is 1.74. The number of ether oxygens (including phenoxy) is 1. The van der Waals surface area contributed by atoms with Crippen LogP contribution >= 0.6 is 0 Å². The lowest BCUT2D eigenvalue weighted by Gasteiger charge is -2.28. The number of hydrogen-bond acceptors (Lipinski definition) is 3. The van der Waals surface area contributed by atoms with Gasteiger partial charge in [-0.05, 0) is 48.1 Å². The summed E-state index contributed by atoms with van der Waals surface area (Å²) in [5.74, 6) is 0. The van der Waals surface area contributed by atoms with Gasteiger partial charge in [0.05, 0.1) is 30.7 Å². The standard InChI is InChI=1S/C21H26N2O3S/c24-27(25,20-10-9-17-7-4-8-19(17)15-20)22-21(18-5-2-1-3-6-18)16-23-11-13-26-14-12-23/h1-3,5-6,9-10,15,21-22H,4,7-8,11-14,16H2/p+1/t21-/m0/s1. The van der Waals surface area contributed by atoms with E-state index in [9.17, 15) is 8.42 Å². The van der Waals surface area contributed by atoms with Crippen molar-refractivity contribution in [3.05, 3.63) is 65.2 Å². The van der Waals surface area contributed by atoms with Crippen LogP contribution in [0.5, 0.6) is 0 Å². The van der Waals surface area contributed by atoms with E-state index < -0.39 is 10.0 Å². The van der Waals surface area contributed by atoms with Gasteiger partial charge in [0.15, 0.2) is 0 Å². The number of morpholine rings is 1. The Morgan fingerprint density at radius 3 is 2.52 bits per heavy atom. The molecule has 2 aliphatic rings. The smallest absolute Gasteiger partial charge is 0.241 e. The highest BCUT2D eigenvalue weighted by atomic mass is 32.2. The molecular formula is C21H27N2O3S+. The van der Waals surface area contributed by atoms with Gasteiger partial charge < -0.3 is 9.64 Å². The van der Waals surface area contributed by atoms with Gasteiger partial charge in [-0.25, -0.2) is 8.42 Å². The van der Waals surface area contributed by atoms with E-state index in [1.165, 1.54) is 16.0 Å². The number of fused-ring (bicyclic) bond motifs is 1. The highest BCUT2D eigenvalue weighted by Gasteiger charge is 2.27. The molecule has 2 aromatic carbocycles. The molecular weight excluding hydrogens is 360 g/mol. The molecule has 4 rings (SSSR count). The maximum atomic E-state index is 13.1. The fourth-order valence-corrected chi connectivity index (χ4v) is 5.31. The van der Waals surface area contributed by atoms with Crippen LogP contribution < -0.4 is 9.62 Å². The monoisotopic (exact) mass is 387 g/mol. The summed E-state index contributed by atoms with van der Waals surface area (Å²) >= 11 is 0. The molecule has 144 valence electrons. The zero-order valence-electron chi connectivity index (χ0n) is 15.5. The normalized spacial score (nSPS) is 19.0. The maximum Gasteiger partial charge on any atom is 0.241 e. The van der Waals surface area contributed by atoms with Gasteiger partial charge in [-0.1, -0.05) is 36.4 Å². The third-order valence-electron chi connectivity index (χ3n) is 5.57. The highest BCUT2D eigenvalue weighted by Crippen LogP contribution is 2.25. The minimum atomic E-state index is -3.57. The first kappa shape index (κ1) is 18.6. The zero-order valence-corrected chi connectivity index (χ0v) is 16.3. The van der Waals surface area contributed by atoms with Crippen LogP contribution in [0.25, 0.3) is 0 Å². The Labute approximate surface area is 161 Å². The van der Waals surface area contributed by atoms with Gasteiger partial charge in [-0.15, -0.1) is 0 Å². The second-order valence-electron chi connectivity index (χ2n) is 7.44. The summed E-state index contributed by atoms with van der Waals surface area (Å²) in [7, 11) is -3.57. The van der Waals surface area contributed by atoms with Crippen molar-refractivity contribution >= 4 is 10.0 Å². The third-order valence-corrected chi connectivity index (χ3v) is 7.04. The number of sulfonamides is 1. The van der Waals surface area contributed by atoms with Crippen molar-refractivity contribution in [2.24, 2.45) is 0 Å². The van der Waals surface area contributed by atoms with Gasteiger partial charge in [0.1, 0.15) is 13.1 Å². The number of nitrogens with one attached hydrogen (secondary N) is 2. The van der Waals surface area contributed by atoms with Crippen molar-refractivity contribution in [3.63, 3.8) is 0 Å². The average molecular weight is 388 g/mol. The van der Waals surface area contributed by atoms with Crippen LogP contribution in [0, 0.1) is 0 Å². The predicted molar refractivity (Wildman–Crippen MR) is 104 cm³/mol. The molecule has 2 N–H and O–H groups in total. The van der Waals surface area contributed by atoms with Crippen molar-refractivity contribution < 1.29 is 18.1 Å². The van der Waals surface area contributed by atoms with Crippen molar-refractivity contribution in [2.75, 3.05) is 32.8 Å². The lowest BCUT2D eigenvalue weighted by Crippen LogP contribution is -3.14. The summed E-state index contributed by atoms with van der Waals surface area (Å²) in [6.45, 7) is 3.99. The van der Waals surface area contributed by atoms with Gasteiger partial charge in [-0.3, -0.25) is 0 Å². The molecule has 6 heteroatoms. The SMILES string of the molecule is O=S(=O)(N[C@@H](C[NH+]1CCOCC1)c1ccccc1)c1ccc2c(c1)CCC2. The van der Waals surface area contributed by atoms with Crippen LogP contribution in [0.1, 0.15) is 29.2 Å². The van der Waals surface area contributed by atoms with Crippen LogP contribution in [0.3, 0.4) is 0 Å². The predicted octanol–water partition coefficient (Wildman–Crippen LogP) is 1.11. The average Bonchev–Trinajstić information content (AvgIpc) is 3.17. The topological polar surface area (TPSA) is 59.8 Å². The Bertz CT molecular complexity index is 878. The molecule has 2 aromatic rings.